The van der Waals surface area contributed by atoms with Gasteiger partial charge >= 0.3 is 0 Å². The van der Waals surface area contributed by atoms with E-state index in [0.717, 1.165) is 42.4 Å². The number of nitrogens with zero attached hydrogens (tertiary/aromatic N) is 5. The molecule has 7 heteroatoms. The van der Waals surface area contributed by atoms with E-state index in [1.54, 1.807) is 0 Å². The summed E-state index contributed by atoms with van der Waals surface area (Å²) in [6, 6.07) is 16.2. The molecule has 1 aliphatic rings. The van der Waals surface area contributed by atoms with Crippen molar-refractivity contribution < 1.29 is 0 Å². The number of benzene rings is 2. The number of H-pyrrole nitrogens is 1. The fourth-order valence-corrected chi connectivity index (χ4v) is 4.72. The predicted octanol–water partition coefficient (Wildman–Crippen LogP) is 4.37. The van der Waals surface area contributed by atoms with Gasteiger partial charge in [-0.25, -0.2) is 4.68 Å². The first-order chi connectivity index (χ1) is 15.9. The van der Waals surface area contributed by atoms with Crippen LogP contribution in [-0.4, -0.2) is 31.7 Å². The minimum Gasteiger partial charge on any atom is -0.357 e. The number of nitrogens with one attached hydrogen (secondary N) is 1. The van der Waals surface area contributed by atoms with E-state index in [1.165, 1.54) is 11.1 Å². The van der Waals surface area contributed by atoms with Gasteiger partial charge in [0.15, 0.2) is 5.82 Å². The second-order valence-corrected chi connectivity index (χ2v) is 9.42. The molecule has 2 aromatic heterocycles. The quantitative estimate of drug-likeness (QED) is 0.480. The number of aryl methyl sites for hydroxylation is 1. The van der Waals surface area contributed by atoms with Gasteiger partial charge in [-0.2, -0.15) is 0 Å². The molecule has 0 unspecified atom stereocenters. The van der Waals surface area contributed by atoms with Crippen LogP contribution in [0.1, 0.15) is 62.7 Å². The number of hydrogen-bond acceptors (Lipinski definition) is 5. The van der Waals surface area contributed by atoms with Crippen molar-refractivity contribution in [3.8, 4) is 0 Å². The molecule has 3 heterocycles. The molecule has 0 saturated carbocycles. The molecule has 7 nitrogen and oxygen atoms in total. The molecule has 0 radical (unpaired) electrons. The van der Waals surface area contributed by atoms with Gasteiger partial charge in [-0.15, -0.1) is 5.10 Å². The van der Waals surface area contributed by atoms with Crippen LogP contribution >= 0.6 is 0 Å². The van der Waals surface area contributed by atoms with Gasteiger partial charge in [0.05, 0.1) is 5.54 Å². The maximum atomic E-state index is 13.5. The highest BCUT2D eigenvalue weighted by Gasteiger charge is 2.36. The summed E-state index contributed by atoms with van der Waals surface area (Å²) in [7, 11) is 0. The second-order valence-electron chi connectivity index (χ2n) is 9.42. The van der Waals surface area contributed by atoms with Crippen molar-refractivity contribution in [3.63, 3.8) is 0 Å². The van der Waals surface area contributed by atoms with Gasteiger partial charge in [0.1, 0.15) is 6.04 Å². The Balaban J connectivity index is 1.75. The maximum Gasteiger partial charge on any atom is 0.254 e. The molecule has 0 fully saturated rings. The van der Waals surface area contributed by atoms with Crippen LogP contribution in [0.2, 0.25) is 0 Å². The van der Waals surface area contributed by atoms with Crippen LogP contribution in [0, 0.1) is 0 Å². The Hall–Kier alpha value is -3.48. The molecule has 0 saturated heterocycles. The van der Waals surface area contributed by atoms with E-state index < -0.39 is 6.04 Å². The lowest BCUT2D eigenvalue weighted by molar-refractivity contribution is 0.287. The van der Waals surface area contributed by atoms with E-state index in [4.69, 9.17) is 0 Å². The first-order valence-corrected chi connectivity index (χ1v) is 11.7. The molecule has 0 amide bonds. The SMILES string of the molecule is CCc1ccc2[nH]c(=O)c([C@H](c3nnnn3C(C)(C)CC)N3CCc4ccccc43)cc2c1. The zero-order chi connectivity index (χ0) is 23.2. The van der Waals surface area contributed by atoms with Gasteiger partial charge in [0.2, 0.25) is 0 Å². The lowest BCUT2D eigenvalue weighted by atomic mass is 9.98. The zero-order valence-corrected chi connectivity index (χ0v) is 19.7. The number of aromatic nitrogens is 5. The summed E-state index contributed by atoms with van der Waals surface area (Å²) in [5.74, 6) is 0.690. The van der Waals surface area contributed by atoms with E-state index >= 15 is 0 Å². The Morgan fingerprint density at radius 3 is 2.73 bits per heavy atom. The number of hydrogen-bond donors (Lipinski definition) is 1. The monoisotopic (exact) mass is 442 g/mol. The molecule has 2 aromatic carbocycles. The first kappa shape index (κ1) is 21.4. The van der Waals surface area contributed by atoms with Gasteiger partial charge in [-0.3, -0.25) is 4.79 Å². The number of aromatic amines is 1. The standard InChI is InChI=1S/C26H30N6O/c1-5-17-11-12-21-19(15-17)16-20(25(33)27-21)23(24-28-29-30-32(24)26(3,4)6-2)31-14-13-18-9-7-8-10-22(18)31/h7-12,15-16,23H,5-6,13-14H2,1-4H3,(H,27,33)/t23-/m1/s1. The maximum absolute atomic E-state index is 13.5. The Labute approximate surface area is 193 Å². The zero-order valence-electron chi connectivity index (χ0n) is 19.7. The Bertz CT molecular complexity index is 1370. The average Bonchev–Trinajstić information content (AvgIpc) is 3.48. The van der Waals surface area contributed by atoms with Gasteiger partial charge < -0.3 is 9.88 Å². The molecule has 0 spiro atoms. The van der Waals surface area contributed by atoms with E-state index in [9.17, 15) is 4.79 Å². The van der Waals surface area contributed by atoms with Crippen LogP contribution in [-0.2, 0) is 18.4 Å². The minimum atomic E-state index is -0.395. The summed E-state index contributed by atoms with van der Waals surface area (Å²) in [6.45, 7) is 9.31. The third-order valence-electron chi connectivity index (χ3n) is 7.05. The summed E-state index contributed by atoms with van der Waals surface area (Å²) in [5.41, 5.74) is 4.76. The molecule has 1 N–H and O–H groups in total. The number of rotatable bonds is 6. The van der Waals surface area contributed by atoms with Crippen LogP contribution in [0.4, 0.5) is 5.69 Å². The molecule has 5 rings (SSSR count). The van der Waals surface area contributed by atoms with Gasteiger partial charge in [-0.1, -0.05) is 38.1 Å². The number of para-hydroxylation sites is 1. The summed E-state index contributed by atoms with van der Waals surface area (Å²) in [6.07, 6.45) is 2.73. The van der Waals surface area contributed by atoms with E-state index in [0.29, 0.717) is 11.4 Å². The highest BCUT2D eigenvalue weighted by Crippen LogP contribution is 2.38. The third kappa shape index (κ3) is 3.61. The highest BCUT2D eigenvalue weighted by molar-refractivity contribution is 5.80. The molecule has 4 aromatic rings. The van der Waals surface area contributed by atoms with Crippen LogP contribution in [0.5, 0.6) is 0 Å². The van der Waals surface area contributed by atoms with Crippen molar-refractivity contribution in [2.24, 2.45) is 0 Å². The molecular weight excluding hydrogens is 412 g/mol. The minimum absolute atomic E-state index is 0.106. The van der Waals surface area contributed by atoms with Crippen molar-refractivity contribution in [2.45, 2.75) is 58.5 Å². The Morgan fingerprint density at radius 1 is 1.12 bits per heavy atom. The Kier molecular flexibility index (Phi) is 5.27. The van der Waals surface area contributed by atoms with Crippen molar-refractivity contribution in [3.05, 3.63) is 81.4 Å². The number of tetrazole rings is 1. The topological polar surface area (TPSA) is 79.7 Å². The summed E-state index contributed by atoms with van der Waals surface area (Å²) < 4.78 is 1.89. The van der Waals surface area contributed by atoms with E-state index in [2.05, 4.69) is 83.4 Å². The Morgan fingerprint density at radius 2 is 1.94 bits per heavy atom. The molecule has 0 aliphatic carbocycles. The first-order valence-electron chi connectivity index (χ1n) is 11.7. The molecule has 0 bridgehead atoms. The second kappa shape index (κ2) is 8.14. The van der Waals surface area contributed by atoms with Crippen LogP contribution in [0.15, 0.2) is 53.3 Å². The fraction of sp³-hybridized carbons (Fsp3) is 0.385. The molecule has 1 aliphatic heterocycles. The van der Waals surface area contributed by atoms with Gasteiger partial charge in [0.25, 0.3) is 5.56 Å². The lowest BCUT2D eigenvalue weighted by Crippen LogP contribution is -2.37. The lowest BCUT2D eigenvalue weighted by Gasteiger charge is -2.32. The smallest absolute Gasteiger partial charge is 0.254 e. The van der Waals surface area contributed by atoms with Gasteiger partial charge in [0, 0.05) is 23.3 Å². The third-order valence-corrected chi connectivity index (χ3v) is 7.05. The molecule has 1 atom stereocenters. The molecule has 170 valence electrons. The largest absolute Gasteiger partial charge is 0.357 e. The summed E-state index contributed by atoms with van der Waals surface area (Å²) in [5, 5.41) is 13.9. The van der Waals surface area contributed by atoms with Crippen LogP contribution in [0.25, 0.3) is 10.9 Å². The van der Waals surface area contributed by atoms with E-state index in [1.807, 2.05) is 22.9 Å². The highest BCUT2D eigenvalue weighted by atomic mass is 16.1. The van der Waals surface area contributed by atoms with Gasteiger partial charge in [-0.05, 0) is 84.3 Å². The number of pyridine rings is 1. The van der Waals surface area contributed by atoms with Crippen molar-refractivity contribution >= 4 is 16.6 Å². The number of fused-ring (bicyclic) bond motifs is 2. The fourth-order valence-electron chi connectivity index (χ4n) is 4.72. The van der Waals surface area contributed by atoms with Crippen LogP contribution in [0.3, 0.4) is 0 Å². The summed E-state index contributed by atoms with van der Waals surface area (Å²) >= 11 is 0. The van der Waals surface area contributed by atoms with Crippen molar-refractivity contribution in [2.75, 3.05) is 11.4 Å². The molecule has 33 heavy (non-hydrogen) atoms. The molecular formula is C26H30N6O. The normalized spacial score (nSPS) is 14.6. The summed E-state index contributed by atoms with van der Waals surface area (Å²) in [4.78, 5) is 18.9. The van der Waals surface area contributed by atoms with E-state index in [-0.39, 0.29) is 11.1 Å². The van der Waals surface area contributed by atoms with Crippen molar-refractivity contribution in [1.82, 2.24) is 25.2 Å². The predicted molar refractivity (Wildman–Crippen MR) is 131 cm³/mol. The average molecular weight is 443 g/mol. The number of anilines is 1. The van der Waals surface area contributed by atoms with Crippen LogP contribution < -0.4 is 10.5 Å². The van der Waals surface area contributed by atoms with Crippen molar-refractivity contribution in [1.29, 1.82) is 0 Å².